The topological polar surface area (TPSA) is 139 Å². The molecule has 0 aliphatic carbocycles. The second-order valence-corrected chi connectivity index (χ2v) is 10.2. The van der Waals surface area contributed by atoms with Crippen molar-refractivity contribution in [2.24, 2.45) is 0 Å². The Hall–Kier alpha value is -4.43. The molecule has 14 heteroatoms. The van der Waals surface area contributed by atoms with Crippen LogP contribution in [0.4, 0.5) is 24.7 Å². The highest BCUT2D eigenvalue weighted by Crippen LogP contribution is 2.23. The van der Waals surface area contributed by atoms with Gasteiger partial charge in [0.15, 0.2) is 5.82 Å². The number of halogens is 3. The van der Waals surface area contributed by atoms with Gasteiger partial charge in [-0.3, -0.25) is 14.7 Å². The molecule has 5 N–H and O–H groups in total. The fraction of sp³-hybridized carbons (Fsp3) is 0.259. The third-order valence-corrected chi connectivity index (χ3v) is 7.04. The summed E-state index contributed by atoms with van der Waals surface area (Å²) in [6.45, 7) is 5.48. The van der Waals surface area contributed by atoms with E-state index >= 15 is 0 Å². The Morgan fingerprint density at radius 3 is 2.44 bits per heavy atom. The molecule has 2 amide bonds. The standard InChI is InChI=1S/C25H26N6O2S.C2HF3O2/c1-16-15-31(11-10-26-16)19-7-4-17(5-8-19)25(33)28-23-21-13-18(6-9-22(21)29-30-23)24(32)27-14-20-3-2-12-34-20;3-2(4,5)1(6)7/h2-9,12-13,16,26H,10-11,14-15H2,1H3,(H,27,32)(H2,28,29,30,33);(H,6,7)/t16-;/m0./s1. The highest BCUT2D eigenvalue weighted by atomic mass is 32.1. The number of alkyl halides is 3. The van der Waals surface area contributed by atoms with Gasteiger partial charge in [-0.25, -0.2) is 4.79 Å². The predicted octanol–water partition coefficient (Wildman–Crippen LogP) is 4.24. The number of thiophene rings is 1. The second-order valence-electron chi connectivity index (χ2n) is 9.20. The quantitative estimate of drug-likeness (QED) is 0.227. The molecule has 4 aromatic rings. The first-order valence-corrected chi connectivity index (χ1v) is 13.4. The number of amides is 2. The fourth-order valence-corrected chi connectivity index (χ4v) is 4.75. The van der Waals surface area contributed by atoms with Crippen LogP contribution in [0.15, 0.2) is 60.0 Å². The minimum atomic E-state index is -5.08. The number of carboxylic acids is 1. The van der Waals surface area contributed by atoms with Gasteiger partial charge < -0.3 is 26.0 Å². The third-order valence-electron chi connectivity index (χ3n) is 6.17. The molecule has 41 heavy (non-hydrogen) atoms. The summed E-state index contributed by atoms with van der Waals surface area (Å²) in [5.41, 5.74) is 2.91. The molecule has 0 spiro atoms. The van der Waals surface area contributed by atoms with E-state index in [1.54, 1.807) is 29.5 Å². The van der Waals surface area contributed by atoms with Crippen molar-refractivity contribution in [3.05, 3.63) is 76.0 Å². The van der Waals surface area contributed by atoms with Gasteiger partial charge in [-0.15, -0.1) is 11.3 Å². The van der Waals surface area contributed by atoms with Crippen molar-refractivity contribution in [2.75, 3.05) is 29.9 Å². The number of aromatic nitrogens is 2. The van der Waals surface area contributed by atoms with E-state index in [4.69, 9.17) is 9.90 Å². The van der Waals surface area contributed by atoms with Gasteiger partial charge in [-0.05, 0) is 60.8 Å². The maximum Gasteiger partial charge on any atom is 0.490 e. The van der Waals surface area contributed by atoms with Crippen LogP contribution in [0.5, 0.6) is 0 Å². The number of H-pyrrole nitrogens is 1. The largest absolute Gasteiger partial charge is 0.490 e. The molecule has 1 atom stereocenters. The minimum Gasteiger partial charge on any atom is -0.475 e. The number of aliphatic carboxylic acids is 1. The van der Waals surface area contributed by atoms with Gasteiger partial charge in [0.25, 0.3) is 11.8 Å². The van der Waals surface area contributed by atoms with E-state index < -0.39 is 12.1 Å². The number of fused-ring (bicyclic) bond motifs is 1. The Labute approximate surface area is 236 Å². The van der Waals surface area contributed by atoms with E-state index in [1.165, 1.54) is 0 Å². The van der Waals surface area contributed by atoms with Crippen LogP contribution >= 0.6 is 11.3 Å². The Morgan fingerprint density at radius 1 is 1.10 bits per heavy atom. The van der Waals surface area contributed by atoms with Crippen molar-refractivity contribution in [1.29, 1.82) is 0 Å². The number of carboxylic acid groups (broad SMARTS) is 1. The number of nitrogens with one attached hydrogen (secondary N) is 4. The maximum absolute atomic E-state index is 12.9. The van der Waals surface area contributed by atoms with Crippen LogP contribution in [-0.2, 0) is 11.3 Å². The third kappa shape index (κ3) is 7.83. The number of carbonyl (C=O) groups is 3. The fourth-order valence-electron chi connectivity index (χ4n) is 4.10. The first-order chi connectivity index (χ1) is 19.5. The molecule has 0 unspecified atom stereocenters. The average Bonchev–Trinajstić information content (AvgIpc) is 3.61. The van der Waals surface area contributed by atoms with Crippen LogP contribution in [0.2, 0.25) is 0 Å². The molecule has 1 saturated heterocycles. The number of rotatable bonds is 6. The molecule has 1 aliphatic rings. The van der Waals surface area contributed by atoms with Gasteiger partial charge in [0.05, 0.1) is 12.1 Å². The molecule has 0 saturated carbocycles. The summed E-state index contributed by atoms with van der Waals surface area (Å²) < 4.78 is 31.7. The van der Waals surface area contributed by atoms with Gasteiger partial charge in [0.1, 0.15) is 0 Å². The smallest absolute Gasteiger partial charge is 0.475 e. The van der Waals surface area contributed by atoms with Gasteiger partial charge in [-0.2, -0.15) is 18.3 Å². The maximum atomic E-state index is 12.9. The number of anilines is 2. The summed E-state index contributed by atoms with van der Waals surface area (Å²) in [5, 5.41) is 26.2. The molecule has 2 aromatic heterocycles. The lowest BCUT2D eigenvalue weighted by Crippen LogP contribution is -2.49. The predicted molar refractivity (Wildman–Crippen MR) is 149 cm³/mol. The second kappa shape index (κ2) is 12.8. The van der Waals surface area contributed by atoms with E-state index in [0.717, 1.165) is 35.7 Å². The van der Waals surface area contributed by atoms with E-state index in [9.17, 15) is 22.8 Å². The van der Waals surface area contributed by atoms with E-state index in [0.29, 0.717) is 34.9 Å². The number of nitrogens with zero attached hydrogens (tertiary/aromatic N) is 2. The molecule has 5 rings (SSSR count). The van der Waals surface area contributed by atoms with Gasteiger partial charge >= 0.3 is 12.1 Å². The van der Waals surface area contributed by atoms with E-state index in [1.807, 2.05) is 41.8 Å². The van der Waals surface area contributed by atoms with Crippen LogP contribution < -0.4 is 20.9 Å². The zero-order chi connectivity index (χ0) is 29.6. The van der Waals surface area contributed by atoms with Crippen LogP contribution in [0, 0.1) is 0 Å². The van der Waals surface area contributed by atoms with Gasteiger partial charge in [-0.1, -0.05) is 6.07 Å². The number of piperazine rings is 1. The highest BCUT2D eigenvalue weighted by Gasteiger charge is 2.38. The lowest BCUT2D eigenvalue weighted by atomic mass is 10.1. The van der Waals surface area contributed by atoms with Crippen LogP contribution in [0.1, 0.15) is 32.5 Å². The van der Waals surface area contributed by atoms with Crippen LogP contribution in [-0.4, -0.2) is 64.9 Å². The molecule has 3 heterocycles. The van der Waals surface area contributed by atoms with E-state index in [-0.39, 0.29) is 11.8 Å². The monoisotopic (exact) mass is 588 g/mol. The molecular weight excluding hydrogens is 561 g/mol. The van der Waals surface area contributed by atoms with Crippen molar-refractivity contribution in [1.82, 2.24) is 20.8 Å². The summed E-state index contributed by atoms with van der Waals surface area (Å²) in [4.78, 5) is 37.8. The average molecular weight is 589 g/mol. The van der Waals surface area contributed by atoms with Crippen molar-refractivity contribution in [2.45, 2.75) is 25.7 Å². The number of hydrogen-bond donors (Lipinski definition) is 5. The molecule has 0 bridgehead atoms. The van der Waals surface area contributed by atoms with Crippen molar-refractivity contribution in [3.8, 4) is 0 Å². The Bertz CT molecular complexity index is 1510. The SMILES string of the molecule is C[C@H]1CN(c2ccc(C(=O)Nc3n[nH]c4ccc(C(=O)NCc5cccs5)cc34)cc2)CCN1.O=C(O)C(F)(F)F. The number of aromatic amines is 1. The van der Waals surface area contributed by atoms with Gasteiger partial charge in [0, 0.05) is 52.8 Å². The van der Waals surface area contributed by atoms with Crippen molar-refractivity contribution < 1.29 is 32.7 Å². The molecule has 10 nitrogen and oxygen atoms in total. The minimum absolute atomic E-state index is 0.174. The normalized spacial score (nSPS) is 15.1. The molecule has 216 valence electrons. The zero-order valence-corrected chi connectivity index (χ0v) is 22.6. The number of hydrogen-bond acceptors (Lipinski definition) is 7. The highest BCUT2D eigenvalue weighted by molar-refractivity contribution is 7.09. The zero-order valence-electron chi connectivity index (χ0n) is 21.8. The van der Waals surface area contributed by atoms with Crippen LogP contribution in [0.25, 0.3) is 10.9 Å². The summed E-state index contributed by atoms with van der Waals surface area (Å²) in [5.74, 6) is -2.78. The van der Waals surface area contributed by atoms with Crippen molar-refractivity contribution in [3.63, 3.8) is 0 Å². The Morgan fingerprint density at radius 2 is 1.80 bits per heavy atom. The summed E-state index contributed by atoms with van der Waals surface area (Å²) in [6, 6.07) is 17.3. The van der Waals surface area contributed by atoms with Gasteiger partial charge in [0.2, 0.25) is 0 Å². The van der Waals surface area contributed by atoms with Crippen LogP contribution in [0.3, 0.4) is 0 Å². The molecule has 0 radical (unpaired) electrons. The summed E-state index contributed by atoms with van der Waals surface area (Å²) in [6.07, 6.45) is -5.08. The molecule has 2 aromatic carbocycles. The first-order valence-electron chi connectivity index (χ1n) is 12.5. The molecule has 1 aliphatic heterocycles. The molecular formula is C27H27F3N6O4S. The lowest BCUT2D eigenvalue weighted by Gasteiger charge is -2.33. The Kier molecular flexibility index (Phi) is 9.24. The summed E-state index contributed by atoms with van der Waals surface area (Å²) in [7, 11) is 0. The first kappa shape index (κ1) is 29.6. The Balaban J connectivity index is 0.000000493. The number of carbonyl (C=O) groups excluding carboxylic acids is 2. The summed E-state index contributed by atoms with van der Waals surface area (Å²) >= 11 is 1.60. The lowest BCUT2D eigenvalue weighted by molar-refractivity contribution is -0.192. The number of benzene rings is 2. The molecule has 1 fully saturated rings. The van der Waals surface area contributed by atoms with E-state index in [2.05, 4.69) is 38.0 Å². The van der Waals surface area contributed by atoms with Crippen molar-refractivity contribution >= 4 is 51.5 Å².